The first-order valence-electron chi connectivity index (χ1n) is 8.95. The molecule has 1 N–H and O–H groups in total. The van der Waals surface area contributed by atoms with Crippen molar-refractivity contribution in [3.63, 3.8) is 0 Å². The molecule has 1 aliphatic heterocycles. The lowest BCUT2D eigenvalue weighted by molar-refractivity contribution is -0.119. The lowest BCUT2D eigenvalue weighted by atomic mass is 10.00. The highest BCUT2D eigenvalue weighted by Crippen LogP contribution is 2.30. The molecule has 136 valence electrons. The summed E-state index contributed by atoms with van der Waals surface area (Å²) in [6.07, 6.45) is 2.12. The number of methoxy groups -OCH3 is 1. The molecule has 26 heavy (non-hydrogen) atoms. The van der Waals surface area contributed by atoms with Crippen LogP contribution in [0, 0.1) is 0 Å². The summed E-state index contributed by atoms with van der Waals surface area (Å²) in [7, 11) is 1.63. The fraction of sp³-hybridized carbons (Fsp3) is 0.333. The molecule has 2 aromatic rings. The maximum atomic E-state index is 12.4. The second kappa shape index (κ2) is 8.15. The number of amides is 2. The van der Waals surface area contributed by atoms with Crippen molar-refractivity contribution in [1.82, 2.24) is 0 Å². The quantitative estimate of drug-likeness (QED) is 0.866. The van der Waals surface area contributed by atoms with Gasteiger partial charge in [-0.2, -0.15) is 0 Å². The zero-order valence-corrected chi connectivity index (χ0v) is 15.2. The van der Waals surface area contributed by atoms with Gasteiger partial charge < -0.3 is 15.0 Å². The minimum Gasteiger partial charge on any atom is -0.383 e. The summed E-state index contributed by atoms with van der Waals surface area (Å²) < 4.78 is 5.10. The summed E-state index contributed by atoms with van der Waals surface area (Å²) in [4.78, 5) is 26.4. The fourth-order valence-corrected chi connectivity index (χ4v) is 3.16. The Morgan fingerprint density at radius 1 is 1.15 bits per heavy atom. The molecule has 1 heterocycles. The van der Waals surface area contributed by atoms with E-state index in [2.05, 4.69) is 12.2 Å². The highest BCUT2D eigenvalue weighted by atomic mass is 16.5. The molecule has 1 aliphatic rings. The van der Waals surface area contributed by atoms with Crippen LogP contribution in [0.15, 0.2) is 42.5 Å². The number of hydrogen-bond acceptors (Lipinski definition) is 3. The van der Waals surface area contributed by atoms with Crippen LogP contribution in [0.2, 0.25) is 0 Å². The Morgan fingerprint density at radius 3 is 2.62 bits per heavy atom. The Kier molecular flexibility index (Phi) is 5.68. The number of ether oxygens (including phenoxy) is 1. The van der Waals surface area contributed by atoms with Gasteiger partial charge in [-0.1, -0.05) is 19.1 Å². The highest BCUT2D eigenvalue weighted by Gasteiger charge is 2.24. The predicted octanol–water partition coefficient (Wildman–Crippen LogP) is 3.43. The van der Waals surface area contributed by atoms with Gasteiger partial charge >= 0.3 is 0 Å². The molecule has 0 fully saturated rings. The first-order valence-corrected chi connectivity index (χ1v) is 8.95. The molecule has 0 aliphatic carbocycles. The molecule has 0 radical (unpaired) electrons. The predicted molar refractivity (Wildman–Crippen MR) is 103 cm³/mol. The van der Waals surface area contributed by atoms with Crippen molar-refractivity contribution in [3.05, 3.63) is 59.2 Å². The normalized spacial score (nSPS) is 13.5. The second-order valence-electron chi connectivity index (χ2n) is 6.39. The molecular weight excluding hydrogens is 328 g/mol. The third-order valence-corrected chi connectivity index (χ3v) is 4.68. The van der Waals surface area contributed by atoms with E-state index in [0.717, 1.165) is 23.4 Å². The number of fused-ring (bicyclic) bond motifs is 1. The van der Waals surface area contributed by atoms with Crippen molar-refractivity contribution >= 4 is 23.2 Å². The van der Waals surface area contributed by atoms with Gasteiger partial charge in [0.15, 0.2) is 0 Å². The highest BCUT2D eigenvalue weighted by molar-refractivity contribution is 6.04. The van der Waals surface area contributed by atoms with E-state index in [4.69, 9.17) is 4.74 Å². The molecule has 0 saturated heterocycles. The van der Waals surface area contributed by atoms with Gasteiger partial charge in [0.2, 0.25) is 5.91 Å². The zero-order valence-electron chi connectivity index (χ0n) is 15.2. The van der Waals surface area contributed by atoms with Gasteiger partial charge in [-0.25, -0.2) is 0 Å². The van der Waals surface area contributed by atoms with Crippen LogP contribution in [0.3, 0.4) is 0 Å². The van der Waals surface area contributed by atoms with E-state index in [1.54, 1.807) is 12.0 Å². The molecule has 2 aromatic carbocycles. The van der Waals surface area contributed by atoms with Crippen molar-refractivity contribution in [2.24, 2.45) is 0 Å². The fourth-order valence-electron chi connectivity index (χ4n) is 3.16. The average Bonchev–Trinajstić information content (AvgIpc) is 2.67. The monoisotopic (exact) mass is 352 g/mol. The lowest BCUT2D eigenvalue weighted by Crippen LogP contribution is -2.37. The number of benzene rings is 2. The average molecular weight is 352 g/mol. The third-order valence-electron chi connectivity index (χ3n) is 4.68. The molecule has 5 heteroatoms. The van der Waals surface area contributed by atoms with Gasteiger partial charge in [0, 0.05) is 37.0 Å². The minimum absolute atomic E-state index is 0.113. The Bertz CT molecular complexity index is 799. The Balaban J connectivity index is 1.75. The maximum absolute atomic E-state index is 12.4. The van der Waals surface area contributed by atoms with E-state index in [1.807, 2.05) is 42.5 Å². The topological polar surface area (TPSA) is 58.6 Å². The minimum atomic E-state index is -0.129. The number of aryl methyl sites for hydroxylation is 2. The van der Waals surface area contributed by atoms with E-state index in [1.165, 1.54) is 5.56 Å². The van der Waals surface area contributed by atoms with Gasteiger partial charge in [0.25, 0.3) is 5.91 Å². The molecule has 5 nitrogen and oxygen atoms in total. The number of anilines is 2. The van der Waals surface area contributed by atoms with Crippen LogP contribution in [-0.2, 0) is 22.4 Å². The van der Waals surface area contributed by atoms with Crippen LogP contribution >= 0.6 is 0 Å². The summed E-state index contributed by atoms with van der Waals surface area (Å²) in [5.41, 5.74) is 4.56. The van der Waals surface area contributed by atoms with E-state index >= 15 is 0 Å². The van der Waals surface area contributed by atoms with E-state index in [-0.39, 0.29) is 11.8 Å². The molecule has 2 amide bonds. The Hall–Kier alpha value is -2.66. The van der Waals surface area contributed by atoms with Gasteiger partial charge in [0.05, 0.1) is 6.61 Å². The molecule has 0 atom stereocenters. The maximum Gasteiger partial charge on any atom is 0.255 e. The Morgan fingerprint density at radius 2 is 1.92 bits per heavy atom. The summed E-state index contributed by atoms with van der Waals surface area (Å²) in [6, 6.07) is 13.3. The number of hydrogen-bond donors (Lipinski definition) is 1. The van der Waals surface area contributed by atoms with Crippen LogP contribution < -0.4 is 10.2 Å². The van der Waals surface area contributed by atoms with Crippen LogP contribution in [0.5, 0.6) is 0 Å². The molecule has 0 aromatic heterocycles. The van der Waals surface area contributed by atoms with Crippen LogP contribution in [0.4, 0.5) is 11.4 Å². The lowest BCUT2D eigenvalue weighted by Gasteiger charge is -2.29. The number of rotatable bonds is 6. The number of carbonyl (C=O) groups excluding carboxylic acids is 2. The van der Waals surface area contributed by atoms with Gasteiger partial charge in [-0.05, 0) is 54.3 Å². The van der Waals surface area contributed by atoms with Crippen LogP contribution in [-0.4, -0.2) is 32.1 Å². The van der Waals surface area contributed by atoms with Crippen LogP contribution in [0.25, 0.3) is 0 Å². The summed E-state index contributed by atoms with van der Waals surface area (Å²) in [5.74, 6) is -0.0157. The molecule has 0 unspecified atom stereocenters. The van der Waals surface area contributed by atoms with E-state index in [9.17, 15) is 9.59 Å². The first-order chi connectivity index (χ1) is 12.6. The van der Waals surface area contributed by atoms with Crippen molar-refractivity contribution < 1.29 is 14.3 Å². The first kappa shape index (κ1) is 18.1. The smallest absolute Gasteiger partial charge is 0.255 e. The molecular formula is C21H24N2O3. The number of nitrogens with zero attached hydrogens (tertiary/aromatic N) is 1. The van der Waals surface area contributed by atoms with Crippen molar-refractivity contribution in [3.8, 4) is 0 Å². The second-order valence-corrected chi connectivity index (χ2v) is 6.39. The molecule has 0 bridgehead atoms. The van der Waals surface area contributed by atoms with E-state index < -0.39 is 0 Å². The zero-order chi connectivity index (χ0) is 18.5. The van der Waals surface area contributed by atoms with Crippen molar-refractivity contribution in [2.75, 3.05) is 30.5 Å². The Labute approximate surface area is 154 Å². The third kappa shape index (κ3) is 3.94. The van der Waals surface area contributed by atoms with E-state index in [0.29, 0.717) is 31.6 Å². The van der Waals surface area contributed by atoms with Crippen molar-refractivity contribution in [1.29, 1.82) is 0 Å². The summed E-state index contributed by atoms with van der Waals surface area (Å²) >= 11 is 0. The standard InChI is InChI=1S/C21H24N2O3/c1-3-15-4-6-16(7-5-15)21(25)22-18-9-10-19-17(14-18)8-11-20(24)23(19)12-13-26-2/h4-7,9-10,14H,3,8,11-13H2,1-2H3,(H,22,25). The molecule has 0 spiro atoms. The molecule has 0 saturated carbocycles. The number of nitrogens with one attached hydrogen (secondary N) is 1. The summed E-state index contributed by atoms with van der Waals surface area (Å²) in [6.45, 7) is 3.12. The van der Waals surface area contributed by atoms with Gasteiger partial charge in [0.1, 0.15) is 0 Å². The number of carbonyl (C=O) groups is 2. The summed E-state index contributed by atoms with van der Waals surface area (Å²) in [5, 5.41) is 2.95. The van der Waals surface area contributed by atoms with Gasteiger partial charge in [-0.3, -0.25) is 9.59 Å². The SMILES string of the molecule is CCc1ccc(C(=O)Nc2ccc3c(c2)CCC(=O)N3CCOC)cc1. The molecule has 3 rings (SSSR count). The van der Waals surface area contributed by atoms with Gasteiger partial charge in [-0.15, -0.1) is 0 Å². The largest absolute Gasteiger partial charge is 0.383 e. The van der Waals surface area contributed by atoms with Crippen LogP contribution in [0.1, 0.15) is 34.8 Å². The van der Waals surface area contributed by atoms with Crippen molar-refractivity contribution in [2.45, 2.75) is 26.2 Å².